The number of benzene rings is 3. The van der Waals surface area contributed by atoms with Crippen molar-refractivity contribution < 1.29 is 9.47 Å². The van der Waals surface area contributed by atoms with Crippen molar-refractivity contribution in [2.45, 2.75) is 6.92 Å². The van der Waals surface area contributed by atoms with Crippen LogP contribution in [-0.2, 0) is 0 Å². The van der Waals surface area contributed by atoms with Crippen molar-refractivity contribution >= 4 is 50.3 Å². The lowest BCUT2D eigenvalue weighted by atomic mass is 10.2. The van der Waals surface area contributed by atoms with Gasteiger partial charge in [-0.05, 0) is 73.2 Å². The summed E-state index contributed by atoms with van der Waals surface area (Å²) in [6.45, 7) is 2.35. The van der Waals surface area contributed by atoms with Gasteiger partial charge in [-0.25, -0.2) is 4.98 Å². The molecule has 0 bridgehead atoms. The maximum atomic E-state index is 5.42. The first-order valence-electron chi connectivity index (χ1n) is 9.09. The number of fused-ring (bicyclic) bond motifs is 2. The first-order chi connectivity index (χ1) is 14.1. The highest BCUT2D eigenvalue weighted by Gasteiger charge is 2.13. The molecule has 2 heterocycles. The normalized spacial score (nSPS) is 12.2. The minimum atomic E-state index is 0.252. The van der Waals surface area contributed by atoms with E-state index in [2.05, 4.69) is 47.9 Å². The topological polar surface area (TPSA) is 55.4 Å². The summed E-state index contributed by atoms with van der Waals surface area (Å²) in [5.41, 5.74) is 5.11. The molecular formula is C22H17N3O2S2. The summed E-state index contributed by atoms with van der Waals surface area (Å²) < 4.78 is 11.9. The van der Waals surface area contributed by atoms with Crippen LogP contribution in [0, 0.1) is 6.92 Å². The van der Waals surface area contributed by atoms with Crippen LogP contribution in [0.4, 0.5) is 11.4 Å². The Balaban J connectivity index is 1.27. The van der Waals surface area contributed by atoms with Crippen molar-refractivity contribution in [1.29, 1.82) is 0 Å². The SMILES string of the molecule is Cc1ccc2nc(-c3ccc(NC(=S)Nc4ccc5c(c4)OCO5)cc3)sc2c1. The van der Waals surface area contributed by atoms with Gasteiger partial charge in [0.05, 0.1) is 10.2 Å². The number of anilines is 2. The third-order valence-electron chi connectivity index (χ3n) is 4.56. The summed E-state index contributed by atoms with van der Waals surface area (Å²) in [7, 11) is 0. The number of nitrogens with one attached hydrogen (secondary N) is 2. The predicted molar refractivity (Wildman–Crippen MR) is 122 cm³/mol. The number of aryl methyl sites for hydroxylation is 1. The fourth-order valence-corrected chi connectivity index (χ4v) is 4.42. The van der Waals surface area contributed by atoms with Crippen molar-refractivity contribution in [3.8, 4) is 22.1 Å². The van der Waals surface area contributed by atoms with Gasteiger partial charge in [-0.15, -0.1) is 11.3 Å². The number of rotatable bonds is 3. The molecule has 5 rings (SSSR count). The van der Waals surface area contributed by atoms with E-state index in [1.165, 1.54) is 10.3 Å². The molecule has 0 spiro atoms. The highest BCUT2D eigenvalue weighted by molar-refractivity contribution is 7.80. The van der Waals surface area contributed by atoms with Crippen LogP contribution in [0.1, 0.15) is 5.56 Å². The predicted octanol–water partition coefficient (Wildman–Crippen LogP) is 5.81. The lowest BCUT2D eigenvalue weighted by Crippen LogP contribution is -2.18. The van der Waals surface area contributed by atoms with Crippen LogP contribution >= 0.6 is 23.6 Å². The molecule has 3 aromatic carbocycles. The molecule has 2 N–H and O–H groups in total. The fraction of sp³-hybridized carbons (Fsp3) is 0.0909. The number of thiazole rings is 1. The standard InChI is InChI=1S/C22H17N3O2S2/c1-13-2-8-17-20(10-13)29-21(25-17)14-3-5-15(6-4-14)23-22(28)24-16-7-9-18-19(11-16)27-12-26-18/h2-11H,12H2,1H3,(H2,23,24,28). The fourth-order valence-electron chi connectivity index (χ4n) is 3.12. The quantitative estimate of drug-likeness (QED) is 0.409. The molecule has 4 aromatic rings. The van der Waals surface area contributed by atoms with Crippen LogP contribution in [0.5, 0.6) is 11.5 Å². The van der Waals surface area contributed by atoms with E-state index < -0.39 is 0 Å². The Labute approximate surface area is 177 Å². The van der Waals surface area contributed by atoms with E-state index in [4.69, 9.17) is 26.7 Å². The molecule has 1 aliphatic rings. The van der Waals surface area contributed by atoms with Crippen molar-refractivity contribution in [1.82, 2.24) is 4.98 Å². The van der Waals surface area contributed by atoms with Gasteiger partial charge in [-0.2, -0.15) is 0 Å². The first-order valence-corrected chi connectivity index (χ1v) is 10.3. The largest absolute Gasteiger partial charge is 0.454 e. The van der Waals surface area contributed by atoms with Crippen molar-refractivity contribution in [2.75, 3.05) is 17.4 Å². The van der Waals surface area contributed by atoms with E-state index in [-0.39, 0.29) is 6.79 Å². The van der Waals surface area contributed by atoms with Gasteiger partial charge >= 0.3 is 0 Å². The zero-order chi connectivity index (χ0) is 19.8. The van der Waals surface area contributed by atoms with Gasteiger partial charge in [0.2, 0.25) is 6.79 Å². The Kier molecular flexibility index (Phi) is 4.54. The minimum Gasteiger partial charge on any atom is -0.454 e. The van der Waals surface area contributed by atoms with Gasteiger partial charge in [0, 0.05) is 23.0 Å². The molecular weight excluding hydrogens is 402 g/mol. The monoisotopic (exact) mass is 419 g/mol. The molecule has 5 nitrogen and oxygen atoms in total. The van der Waals surface area contributed by atoms with Gasteiger partial charge in [-0.3, -0.25) is 0 Å². The highest BCUT2D eigenvalue weighted by atomic mass is 32.1. The molecule has 0 saturated heterocycles. The second kappa shape index (κ2) is 7.35. The highest BCUT2D eigenvalue weighted by Crippen LogP contribution is 2.34. The molecule has 7 heteroatoms. The van der Waals surface area contributed by atoms with Crippen molar-refractivity contribution in [2.24, 2.45) is 0 Å². The second-order valence-corrected chi connectivity index (χ2v) is 8.15. The molecule has 0 unspecified atom stereocenters. The van der Waals surface area contributed by atoms with Gasteiger partial charge in [0.25, 0.3) is 0 Å². The van der Waals surface area contributed by atoms with Crippen LogP contribution in [-0.4, -0.2) is 16.9 Å². The maximum absolute atomic E-state index is 5.42. The summed E-state index contributed by atoms with van der Waals surface area (Å²) >= 11 is 7.13. The number of ether oxygens (including phenoxy) is 2. The number of aromatic nitrogens is 1. The molecule has 1 aliphatic heterocycles. The zero-order valence-electron chi connectivity index (χ0n) is 15.6. The lowest BCUT2D eigenvalue weighted by molar-refractivity contribution is 0.174. The van der Waals surface area contributed by atoms with Crippen LogP contribution in [0.15, 0.2) is 60.7 Å². The molecule has 0 fully saturated rings. The second-order valence-electron chi connectivity index (χ2n) is 6.71. The Hall–Kier alpha value is -3.16. The van der Waals surface area contributed by atoms with E-state index in [0.717, 1.165) is 33.2 Å². The van der Waals surface area contributed by atoms with E-state index in [0.29, 0.717) is 10.9 Å². The third-order valence-corrected chi connectivity index (χ3v) is 5.84. The van der Waals surface area contributed by atoms with Crippen molar-refractivity contribution in [3.63, 3.8) is 0 Å². The number of hydrogen-bond donors (Lipinski definition) is 2. The van der Waals surface area contributed by atoms with Crippen LogP contribution in [0.25, 0.3) is 20.8 Å². The van der Waals surface area contributed by atoms with E-state index in [1.54, 1.807) is 11.3 Å². The summed E-state index contributed by atoms with van der Waals surface area (Å²) in [4.78, 5) is 4.74. The third kappa shape index (κ3) is 3.74. The molecule has 0 amide bonds. The van der Waals surface area contributed by atoms with Gasteiger partial charge in [0.1, 0.15) is 5.01 Å². The first kappa shape index (κ1) is 17.9. The average molecular weight is 420 g/mol. The van der Waals surface area contributed by atoms with Gasteiger partial charge in [0.15, 0.2) is 16.6 Å². The Bertz CT molecular complexity index is 1220. The van der Waals surface area contributed by atoms with E-state index >= 15 is 0 Å². The summed E-state index contributed by atoms with van der Waals surface area (Å²) in [6, 6.07) is 20.1. The lowest BCUT2D eigenvalue weighted by Gasteiger charge is -2.11. The van der Waals surface area contributed by atoms with Crippen LogP contribution in [0.2, 0.25) is 0 Å². The summed E-state index contributed by atoms with van der Waals surface area (Å²) in [6.07, 6.45) is 0. The molecule has 1 aromatic heterocycles. The smallest absolute Gasteiger partial charge is 0.231 e. The number of nitrogens with zero attached hydrogens (tertiary/aromatic N) is 1. The zero-order valence-corrected chi connectivity index (χ0v) is 17.2. The summed E-state index contributed by atoms with van der Waals surface area (Å²) in [5.74, 6) is 1.46. The molecule has 0 radical (unpaired) electrons. The molecule has 0 atom stereocenters. The molecule has 0 saturated carbocycles. The van der Waals surface area contributed by atoms with E-state index in [1.807, 2.05) is 30.3 Å². The summed E-state index contributed by atoms with van der Waals surface area (Å²) in [5, 5.41) is 7.88. The van der Waals surface area contributed by atoms with Gasteiger partial charge in [-0.1, -0.05) is 6.07 Å². The molecule has 0 aliphatic carbocycles. The number of hydrogen-bond acceptors (Lipinski definition) is 5. The van der Waals surface area contributed by atoms with Crippen molar-refractivity contribution in [3.05, 3.63) is 66.2 Å². The number of thiocarbonyl (C=S) groups is 1. The molecule has 29 heavy (non-hydrogen) atoms. The molecule has 144 valence electrons. The van der Waals surface area contributed by atoms with Gasteiger partial charge < -0.3 is 20.1 Å². The average Bonchev–Trinajstić information content (AvgIpc) is 3.34. The Morgan fingerprint density at radius 3 is 2.55 bits per heavy atom. The van der Waals surface area contributed by atoms with Crippen LogP contribution < -0.4 is 20.1 Å². The Morgan fingerprint density at radius 2 is 1.69 bits per heavy atom. The minimum absolute atomic E-state index is 0.252. The van der Waals surface area contributed by atoms with Crippen LogP contribution in [0.3, 0.4) is 0 Å². The maximum Gasteiger partial charge on any atom is 0.231 e. The Morgan fingerprint density at radius 1 is 0.931 bits per heavy atom. The van der Waals surface area contributed by atoms with E-state index in [9.17, 15) is 0 Å².